The molecule has 6 heteroatoms. The van der Waals surface area contributed by atoms with Crippen LogP contribution in [0.1, 0.15) is 34.3 Å². The van der Waals surface area contributed by atoms with Gasteiger partial charge in [-0.15, -0.1) is 0 Å². The molecule has 0 aliphatic carbocycles. The molecule has 0 bridgehead atoms. The Morgan fingerprint density at radius 2 is 1.83 bits per heavy atom. The van der Waals surface area contributed by atoms with Crippen LogP contribution in [0.5, 0.6) is 0 Å². The van der Waals surface area contributed by atoms with E-state index in [0.29, 0.717) is 18.2 Å². The summed E-state index contributed by atoms with van der Waals surface area (Å²) in [4.78, 5) is 14.7. The largest absolute Gasteiger partial charge is 0.390 e. The fraction of sp³-hybridized carbons (Fsp3) is 0.458. The third-order valence-electron chi connectivity index (χ3n) is 5.92. The highest BCUT2D eigenvalue weighted by molar-refractivity contribution is 5.94. The second-order valence-electron chi connectivity index (χ2n) is 8.23. The smallest absolute Gasteiger partial charge is 0.251 e. The van der Waals surface area contributed by atoms with E-state index >= 15 is 0 Å². The number of rotatable bonds is 7. The molecule has 160 valence electrons. The van der Waals surface area contributed by atoms with Crippen LogP contribution in [-0.4, -0.2) is 60.9 Å². The van der Waals surface area contributed by atoms with Gasteiger partial charge in [0.2, 0.25) is 0 Å². The lowest BCUT2D eigenvalue weighted by Crippen LogP contribution is -2.42. The van der Waals surface area contributed by atoms with E-state index in [1.54, 1.807) is 0 Å². The zero-order valence-electron chi connectivity index (χ0n) is 17.3. The molecule has 1 fully saturated rings. The number of nitrogens with zero attached hydrogens (tertiary/aromatic N) is 1. The summed E-state index contributed by atoms with van der Waals surface area (Å²) in [6.45, 7) is 4.18. The molecule has 4 rings (SSSR count). The first-order valence-electron chi connectivity index (χ1n) is 10.9. The van der Waals surface area contributed by atoms with Crippen LogP contribution in [0.25, 0.3) is 0 Å². The quantitative estimate of drug-likeness (QED) is 0.655. The van der Waals surface area contributed by atoms with Crippen LogP contribution >= 0.6 is 0 Å². The molecular formula is C24H31N3O3. The number of fused-ring (bicyclic) bond motifs is 1. The molecule has 2 aliphatic heterocycles. The number of benzene rings is 2. The Hall–Kier alpha value is -2.41. The lowest BCUT2D eigenvalue weighted by molar-refractivity contribution is 0.0842. The van der Waals surface area contributed by atoms with Crippen LogP contribution in [0.15, 0.2) is 48.5 Å². The minimum Gasteiger partial charge on any atom is -0.390 e. The van der Waals surface area contributed by atoms with E-state index in [2.05, 4.69) is 39.8 Å². The van der Waals surface area contributed by atoms with Crippen molar-refractivity contribution in [1.82, 2.24) is 10.2 Å². The summed E-state index contributed by atoms with van der Waals surface area (Å²) < 4.78 is 5.38. The van der Waals surface area contributed by atoms with Crippen molar-refractivity contribution in [2.45, 2.75) is 38.0 Å². The van der Waals surface area contributed by atoms with Gasteiger partial charge in [-0.05, 0) is 54.7 Å². The number of aliphatic hydroxyl groups is 1. The molecule has 2 aromatic rings. The minimum atomic E-state index is -0.589. The normalized spacial score (nSPS) is 18.4. The number of nitrogens with one attached hydrogen (secondary N) is 2. The SMILES string of the molecule is O=C(NCC(O)CN1CCc2ccccc2C1)c1ccc(NC2CCOCC2)cc1. The van der Waals surface area contributed by atoms with E-state index in [9.17, 15) is 9.90 Å². The summed E-state index contributed by atoms with van der Waals surface area (Å²) in [5.74, 6) is -0.157. The standard InChI is InChI=1S/C24H31N3O3/c28-23(17-27-12-9-18-3-1-2-4-20(18)16-27)15-25-24(29)19-5-7-21(8-6-19)26-22-10-13-30-14-11-22/h1-8,22-23,26,28H,9-17H2,(H,25,29). The fourth-order valence-corrected chi connectivity index (χ4v) is 4.18. The van der Waals surface area contributed by atoms with Crippen molar-refractivity contribution in [3.8, 4) is 0 Å². The Morgan fingerprint density at radius 3 is 2.60 bits per heavy atom. The number of anilines is 1. The maximum Gasteiger partial charge on any atom is 0.251 e. The predicted octanol–water partition coefficient (Wildman–Crippen LogP) is 2.43. The molecule has 0 radical (unpaired) electrons. The Labute approximate surface area is 178 Å². The summed E-state index contributed by atoms with van der Waals surface area (Å²) >= 11 is 0. The van der Waals surface area contributed by atoms with E-state index in [1.165, 1.54) is 11.1 Å². The number of ether oxygens (including phenoxy) is 1. The molecule has 1 atom stereocenters. The number of hydrogen-bond donors (Lipinski definition) is 3. The lowest BCUT2D eigenvalue weighted by Gasteiger charge is -2.30. The van der Waals surface area contributed by atoms with Crippen LogP contribution in [0, 0.1) is 0 Å². The predicted molar refractivity (Wildman–Crippen MR) is 118 cm³/mol. The van der Waals surface area contributed by atoms with Gasteiger partial charge in [-0.3, -0.25) is 9.69 Å². The van der Waals surface area contributed by atoms with E-state index in [4.69, 9.17) is 4.74 Å². The van der Waals surface area contributed by atoms with Gasteiger partial charge in [0.25, 0.3) is 5.91 Å². The van der Waals surface area contributed by atoms with Gasteiger partial charge in [0.05, 0.1) is 6.10 Å². The minimum absolute atomic E-state index is 0.157. The third-order valence-corrected chi connectivity index (χ3v) is 5.92. The molecule has 2 aliphatic rings. The molecule has 6 nitrogen and oxygen atoms in total. The molecule has 0 aromatic heterocycles. The molecule has 2 heterocycles. The zero-order valence-corrected chi connectivity index (χ0v) is 17.3. The first-order valence-corrected chi connectivity index (χ1v) is 10.9. The van der Waals surface area contributed by atoms with Crippen molar-refractivity contribution in [3.05, 3.63) is 65.2 Å². The number of amides is 1. The zero-order chi connectivity index (χ0) is 20.8. The number of aliphatic hydroxyl groups excluding tert-OH is 1. The van der Waals surface area contributed by atoms with Crippen LogP contribution in [-0.2, 0) is 17.7 Å². The Kier molecular flexibility index (Phi) is 7.00. The van der Waals surface area contributed by atoms with Gasteiger partial charge < -0.3 is 20.5 Å². The lowest BCUT2D eigenvalue weighted by atomic mass is 10.00. The molecule has 0 spiro atoms. The molecule has 1 amide bonds. The molecule has 2 aromatic carbocycles. The van der Waals surface area contributed by atoms with Crippen molar-refractivity contribution in [3.63, 3.8) is 0 Å². The van der Waals surface area contributed by atoms with Crippen LogP contribution in [0.3, 0.4) is 0 Å². The van der Waals surface area contributed by atoms with Crippen molar-refractivity contribution < 1.29 is 14.6 Å². The molecule has 1 unspecified atom stereocenters. The van der Waals surface area contributed by atoms with Crippen molar-refractivity contribution in [2.75, 3.05) is 38.2 Å². The third kappa shape index (κ3) is 5.59. The van der Waals surface area contributed by atoms with E-state index in [-0.39, 0.29) is 12.5 Å². The highest BCUT2D eigenvalue weighted by atomic mass is 16.5. The summed E-state index contributed by atoms with van der Waals surface area (Å²) in [7, 11) is 0. The highest BCUT2D eigenvalue weighted by Crippen LogP contribution is 2.19. The number of hydrogen-bond acceptors (Lipinski definition) is 5. The maximum atomic E-state index is 12.4. The first kappa shape index (κ1) is 20.8. The van der Waals surface area contributed by atoms with Crippen LogP contribution in [0.4, 0.5) is 5.69 Å². The Balaban J connectivity index is 1.21. The summed E-state index contributed by atoms with van der Waals surface area (Å²) in [5.41, 5.74) is 4.34. The van der Waals surface area contributed by atoms with E-state index < -0.39 is 6.10 Å². The summed E-state index contributed by atoms with van der Waals surface area (Å²) in [6, 6.07) is 16.4. The van der Waals surface area contributed by atoms with Crippen molar-refractivity contribution in [2.24, 2.45) is 0 Å². The number of β-amino-alcohol motifs (C(OH)–C–C–N with tert-alkyl or cyclic N) is 1. The van der Waals surface area contributed by atoms with Crippen molar-refractivity contribution in [1.29, 1.82) is 0 Å². The van der Waals surface area contributed by atoms with Gasteiger partial charge in [0.15, 0.2) is 0 Å². The Bertz CT molecular complexity index is 834. The molecule has 1 saturated heterocycles. The second-order valence-corrected chi connectivity index (χ2v) is 8.23. The van der Waals surface area contributed by atoms with Gasteiger partial charge in [-0.2, -0.15) is 0 Å². The van der Waals surface area contributed by atoms with Crippen LogP contribution < -0.4 is 10.6 Å². The average molecular weight is 410 g/mol. The fourth-order valence-electron chi connectivity index (χ4n) is 4.18. The topological polar surface area (TPSA) is 73.8 Å². The number of carbonyl (C=O) groups excluding carboxylic acids is 1. The maximum absolute atomic E-state index is 12.4. The molecular weight excluding hydrogens is 378 g/mol. The Morgan fingerprint density at radius 1 is 1.10 bits per heavy atom. The molecule has 0 saturated carbocycles. The summed E-state index contributed by atoms with van der Waals surface area (Å²) in [5, 5.41) is 16.7. The average Bonchev–Trinajstić information content (AvgIpc) is 2.78. The van der Waals surface area contributed by atoms with Gasteiger partial charge in [0.1, 0.15) is 0 Å². The van der Waals surface area contributed by atoms with E-state index in [1.807, 2.05) is 24.3 Å². The first-order chi connectivity index (χ1) is 14.7. The van der Waals surface area contributed by atoms with E-state index in [0.717, 1.165) is 51.3 Å². The number of carbonyl (C=O) groups is 1. The van der Waals surface area contributed by atoms with Crippen molar-refractivity contribution >= 4 is 11.6 Å². The van der Waals surface area contributed by atoms with Gasteiger partial charge in [-0.1, -0.05) is 24.3 Å². The monoisotopic (exact) mass is 409 g/mol. The summed E-state index contributed by atoms with van der Waals surface area (Å²) in [6.07, 6.45) is 2.42. The molecule has 30 heavy (non-hydrogen) atoms. The van der Waals surface area contributed by atoms with Gasteiger partial charge >= 0.3 is 0 Å². The highest BCUT2D eigenvalue weighted by Gasteiger charge is 2.19. The van der Waals surface area contributed by atoms with Gasteiger partial charge in [-0.25, -0.2) is 0 Å². The van der Waals surface area contributed by atoms with Crippen LogP contribution in [0.2, 0.25) is 0 Å². The molecule has 3 N–H and O–H groups in total. The van der Waals surface area contributed by atoms with Gasteiger partial charge in [0, 0.05) is 56.7 Å². The second kappa shape index (κ2) is 10.1.